The fourth-order valence-corrected chi connectivity index (χ4v) is 3.47. The van der Waals surface area contributed by atoms with Gasteiger partial charge < -0.3 is 0 Å². The molecule has 25 heavy (non-hydrogen) atoms. The van der Waals surface area contributed by atoms with Gasteiger partial charge >= 0.3 is 7.82 Å². The van der Waals surface area contributed by atoms with Gasteiger partial charge in [-0.15, -0.1) is 0 Å². The molecule has 0 unspecified atom stereocenters. The molecule has 0 saturated carbocycles. The van der Waals surface area contributed by atoms with Gasteiger partial charge in [-0.2, -0.15) is 0 Å². The highest BCUT2D eigenvalue weighted by atomic mass is 31.2. The maximum absolute atomic E-state index is 12.2. The molecule has 0 heterocycles. The van der Waals surface area contributed by atoms with E-state index < -0.39 is 7.82 Å². The Kier molecular flexibility index (Phi) is 7.60. The summed E-state index contributed by atoms with van der Waals surface area (Å²) in [7, 11) is -3.46. The zero-order valence-electron chi connectivity index (χ0n) is 15.0. The van der Waals surface area contributed by atoms with Crippen LogP contribution in [0.1, 0.15) is 26.3 Å². The molecule has 0 N–H and O–H groups in total. The lowest BCUT2D eigenvalue weighted by atomic mass is 10.0. The summed E-state index contributed by atoms with van der Waals surface area (Å²) in [5.41, 5.74) is 4.49. The summed E-state index contributed by atoms with van der Waals surface area (Å²) in [5.74, 6) is 0. The first-order valence-electron chi connectivity index (χ1n) is 8.44. The summed E-state index contributed by atoms with van der Waals surface area (Å²) in [6.07, 6.45) is 1.88. The molecule has 2 aromatic rings. The maximum Gasteiger partial charge on any atom is 0.475 e. The van der Waals surface area contributed by atoms with Crippen molar-refractivity contribution in [3.8, 4) is 11.1 Å². The van der Waals surface area contributed by atoms with Crippen molar-refractivity contribution in [1.29, 1.82) is 0 Å². The van der Waals surface area contributed by atoms with Crippen molar-refractivity contribution in [2.45, 2.75) is 20.8 Å². The van der Waals surface area contributed by atoms with Gasteiger partial charge in [0.15, 0.2) is 0 Å². The van der Waals surface area contributed by atoms with Gasteiger partial charge in [-0.25, -0.2) is 4.57 Å². The van der Waals surface area contributed by atoms with Crippen molar-refractivity contribution >= 4 is 13.4 Å². The Labute approximate surface area is 150 Å². The van der Waals surface area contributed by atoms with E-state index in [9.17, 15) is 4.57 Å². The first-order valence-corrected chi connectivity index (χ1v) is 9.90. The molecule has 0 aliphatic carbocycles. The van der Waals surface area contributed by atoms with Gasteiger partial charge in [0, 0.05) is 0 Å². The molecule has 0 spiro atoms. The van der Waals surface area contributed by atoms with Crippen molar-refractivity contribution in [2.24, 2.45) is 0 Å². The van der Waals surface area contributed by atoms with Gasteiger partial charge in [-0.1, -0.05) is 60.7 Å². The van der Waals surface area contributed by atoms with Crippen molar-refractivity contribution in [2.75, 3.05) is 19.8 Å². The fourth-order valence-electron chi connectivity index (χ4n) is 2.36. The van der Waals surface area contributed by atoms with Gasteiger partial charge in [0.1, 0.15) is 0 Å². The second-order valence-electron chi connectivity index (χ2n) is 5.41. The highest BCUT2D eigenvalue weighted by molar-refractivity contribution is 7.48. The van der Waals surface area contributed by atoms with Crippen molar-refractivity contribution in [1.82, 2.24) is 0 Å². The minimum Gasteiger partial charge on any atom is -0.287 e. The van der Waals surface area contributed by atoms with Crippen LogP contribution in [-0.2, 0) is 18.1 Å². The van der Waals surface area contributed by atoms with E-state index in [1.807, 2.05) is 31.2 Å². The molecule has 0 aromatic heterocycles. The second-order valence-corrected chi connectivity index (χ2v) is 7.08. The Bertz CT molecular complexity index is 713. The third-order valence-electron chi connectivity index (χ3n) is 3.64. The maximum atomic E-state index is 12.2. The van der Waals surface area contributed by atoms with E-state index in [1.54, 1.807) is 13.8 Å². The highest BCUT2D eigenvalue weighted by Crippen LogP contribution is 2.49. The first kappa shape index (κ1) is 19.6. The molecule has 0 aliphatic rings. The van der Waals surface area contributed by atoms with Crippen LogP contribution >= 0.6 is 7.82 Å². The molecular formula is C20H25O4P. The fraction of sp³-hybridized carbons (Fsp3) is 0.300. The Morgan fingerprint density at radius 3 is 2.00 bits per heavy atom. The van der Waals surface area contributed by atoms with Crippen LogP contribution in [0.25, 0.3) is 16.7 Å². The Morgan fingerprint density at radius 2 is 1.44 bits per heavy atom. The predicted molar refractivity (Wildman–Crippen MR) is 102 cm³/mol. The normalized spacial score (nSPS) is 12.4. The number of rotatable bonds is 9. The zero-order chi connectivity index (χ0) is 18.1. The van der Waals surface area contributed by atoms with Crippen LogP contribution in [0.2, 0.25) is 0 Å². The molecule has 0 amide bonds. The van der Waals surface area contributed by atoms with Crippen LogP contribution in [0.5, 0.6) is 0 Å². The molecule has 5 heteroatoms. The number of phosphoric acid groups is 1. The van der Waals surface area contributed by atoms with Crippen LogP contribution in [0.4, 0.5) is 0 Å². The van der Waals surface area contributed by atoms with Gasteiger partial charge in [-0.05, 0) is 43.0 Å². The zero-order valence-corrected chi connectivity index (χ0v) is 15.9. The third-order valence-corrected chi connectivity index (χ3v) is 5.26. The van der Waals surface area contributed by atoms with E-state index in [1.165, 1.54) is 11.1 Å². The lowest BCUT2D eigenvalue weighted by molar-refractivity contribution is 0.131. The van der Waals surface area contributed by atoms with Crippen LogP contribution in [0.15, 0.2) is 60.7 Å². The standard InChI is InChI=1S/C20H25O4P/c1-4-22-25(21,23-5-2)24-16-15-17(3)18-11-13-20(14-12-18)19-9-7-6-8-10-19/h6-15H,4-5,16H2,1-3H3/b17-15+. The van der Waals surface area contributed by atoms with E-state index in [4.69, 9.17) is 13.6 Å². The SMILES string of the molecule is CCOP(=O)(OCC)OC/C=C(\C)c1ccc(-c2ccccc2)cc1. The molecular weight excluding hydrogens is 335 g/mol. The second kappa shape index (κ2) is 9.69. The molecule has 4 nitrogen and oxygen atoms in total. The summed E-state index contributed by atoms with van der Waals surface area (Å²) in [6, 6.07) is 18.6. The van der Waals surface area contributed by atoms with Crippen LogP contribution < -0.4 is 0 Å². The molecule has 2 aromatic carbocycles. The van der Waals surface area contributed by atoms with Crippen LogP contribution in [0.3, 0.4) is 0 Å². The monoisotopic (exact) mass is 360 g/mol. The van der Waals surface area contributed by atoms with Crippen molar-refractivity contribution in [3.05, 3.63) is 66.2 Å². The van der Waals surface area contributed by atoms with Gasteiger partial charge in [0.2, 0.25) is 0 Å². The van der Waals surface area contributed by atoms with Crippen LogP contribution in [0, 0.1) is 0 Å². The number of allylic oxidation sites excluding steroid dienone is 1. The topological polar surface area (TPSA) is 44.8 Å². The molecule has 0 fully saturated rings. The Hall–Kier alpha value is -1.71. The minimum absolute atomic E-state index is 0.170. The lowest BCUT2D eigenvalue weighted by Gasteiger charge is -2.15. The molecule has 0 saturated heterocycles. The van der Waals surface area contributed by atoms with Gasteiger partial charge in [-0.3, -0.25) is 13.6 Å². The predicted octanol–water partition coefficient (Wildman–Crippen LogP) is 5.95. The van der Waals surface area contributed by atoms with E-state index in [0.29, 0.717) is 0 Å². The van der Waals surface area contributed by atoms with Crippen molar-refractivity contribution in [3.63, 3.8) is 0 Å². The third kappa shape index (κ3) is 5.94. The summed E-state index contributed by atoms with van der Waals surface area (Å²) >= 11 is 0. The number of hydrogen-bond donors (Lipinski definition) is 0. The summed E-state index contributed by atoms with van der Waals surface area (Å²) in [5, 5.41) is 0. The van der Waals surface area contributed by atoms with E-state index in [2.05, 4.69) is 36.4 Å². The largest absolute Gasteiger partial charge is 0.475 e. The molecule has 2 rings (SSSR count). The Morgan fingerprint density at radius 1 is 0.880 bits per heavy atom. The van der Waals surface area contributed by atoms with Gasteiger partial charge in [0.25, 0.3) is 0 Å². The molecule has 0 atom stereocenters. The minimum atomic E-state index is -3.46. The van der Waals surface area contributed by atoms with E-state index in [-0.39, 0.29) is 19.8 Å². The molecule has 0 radical (unpaired) electrons. The first-order chi connectivity index (χ1) is 12.1. The molecule has 0 aliphatic heterocycles. The summed E-state index contributed by atoms with van der Waals surface area (Å²) < 4.78 is 27.8. The summed E-state index contributed by atoms with van der Waals surface area (Å²) in [6.45, 7) is 6.23. The number of hydrogen-bond acceptors (Lipinski definition) is 4. The van der Waals surface area contributed by atoms with E-state index in [0.717, 1.165) is 11.1 Å². The molecule has 0 bridgehead atoms. The number of benzene rings is 2. The average Bonchev–Trinajstić information content (AvgIpc) is 2.63. The quantitative estimate of drug-likeness (QED) is 0.518. The number of phosphoric ester groups is 1. The average molecular weight is 360 g/mol. The van der Waals surface area contributed by atoms with Crippen molar-refractivity contribution < 1.29 is 18.1 Å². The lowest BCUT2D eigenvalue weighted by Crippen LogP contribution is -2.00. The van der Waals surface area contributed by atoms with Gasteiger partial charge in [0.05, 0.1) is 19.8 Å². The Balaban J connectivity index is 2.01. The van der Waals surface area contributed by atoms with E-state index >= 15 is 0 Å². The molecule has 134 valence electrons. The summed E-state index contributed by atoms with van der Waals surface area (Å²) in [4.78, 5) is 0. The highest BCUT2D eigenvalue weighted by Gasteiger charge is 2.24. The smallest absolute Gasteiger partial charge is 0.287 e. The van der Waals surface area contributed by atoms with Crippen LogP contribution in [-0.4, -0.2) is 19.8 Å².